The smallest absolute Gasteiger partial charge is 0.416 e. The molecule has 0 aliphatic rings. The number of methoxy groups -OCH3 is 1. The molecule has 0 heterocycles. The predicted octanol–water partition coefficient (Wildman–Crippen LogP) is 6.60. The molecule has 2 amide bonds. The number of nitrogens with two attached hydrogens (primary N) is 1. The molecule has 3 atom stereocenters. The fourth-order valence-electron chi connectivity index (χ4n) is 4.85. The van der Waals surface area contributed by atoms with Gasteiger partial charge in [0.05, 0.1) is 40.1 Å². The molecule has 0 spiro atoms. The van der Waals surface area contributed by atoms with Crippen molar-refractivity contribution in [2.75, 3.05) is 43.6 Å². The number of nitrogens with one attached hydrogen (secondary N) is 1. The summed E-state index contributed by atoms with van der Waals surface area (Å²) in [5.74, 6) is -2.93. The third-order valence-electron chi connectivity index (χ3n) is 7.52. The van der Waals surface area contributed by atoms with E-state index in [4.69, 9.17) is 48.4 Å². The number of sulfonamides is 1. The maximum Gasteiger partial charge on any atom is 0.416 e. The van der Waals surface area contributed by atoms with Crippen molar-refractivity contribution in [1.82, 2.24) is 4.72 Å². The van der Waals surface area contributed by atoms with E-state index >= 15 is 0 Å². The van der Waals surface area contributed by atoms with Gasteiger partial charge in [0, 0.05) is 32.1 Å². The number of nitrogens with zero attached hydrogens (tertiary/aromatic N) is 2. The number of hydrogen-bond acceptors (Lipinski definition) is 11. The number of nitro groups is 1. The number of aliphatic carboxylic acids is 1. The molecular weight excluding hydrogens is 859 g/mol. The fraction of sp³-hybridized carbons (Fsp3) is 0.400. The Bertz CT molecular complexity index is 2090. The van der Waals surface area contributed by atoms with Gasteiger partial charge in [0.15, 0.2) is 7.37 Å². The molecule has 5 N–H and O–H groups in total. The van der Waals surface area contributed by atoms with Gasteiger partial charge in [0.1, 0.15) is 29.0 Å². The summed E-state index contributed by atoms with van der Waals surface area (Å²) in [7, 11) is -5.47. The quantitative estimate of drug-likeness (QED) is 0.0544. The summed E-state index contributed by atoms with van der Waals surface area (Å²) in [6.07, 6.45) is -3.06. The SMILES string of the molecule is CCc1cccc(C)c1N(C(=O)CCl)C(C)COC.CP(=O)(O)CCC(N)C(=O)O.CS(=O)(=O)NC(=O)c1cc(Oc2ccc(C(F)(F)F)cc2Cl)ccc1[N+](=O)[O-]. The number of carbonyl (C=O) groups excluding carboxylic acids is 2. The van der Waals surface area contributed by atoms with E-state index in [0.717, 1.165) is 47.5 Å². The maximum atomic E-state index is 12.7. The van der Waals surface area contributed by atoms with E-state index in [-0.39, 0.29) is 41.9 Å². The zero-order chi connectivity index (χ0) is 44.8. The Morgan fingerprint density at radius 1 is 1.14 bits per heavy atom. The summed E-state index contributed by atoms with van der Waals surface area (Å²) in [5, 5.41) is 18.9. The first-order chi connectivity index (χ1) is 26.7. The third-order valence-corrected chi connectivity index (χ3v) is 9.69. The average Bonchev–Trinajstić information content (AvgIpc) is 3.11. The second-order valence-electron chi connectivity index (χ2n) is 12.5. The number of carbonyl (C=O) groups is 3. The minimum Gasteiger partial charge on any atom is -0.480 e. The number of para-hydroxylation sites is 1. The van der Waals surface area contributed by atoms with Crippen LogP contribution in [-0.4, -0.2) is 91.9 Å². The third kappa shape index (κ3) is 17.3. The highest BCUT2D eigenvalue weighted by atomic mass is 35.5. The molecular formula is C35H44Cl2F3N4O12PS. The molecule has 3 rings (SSSR count). The molecule has 23 heteroatoms. The van der Waals surface area contributed by atoms with Crippen LogP contribution in [0.25, 0.3) is 0 Å². The first-order valence-electron chi connectivity index (χ1n) is 16.8. The number of anilines is 1. The highest BCUT2D eigenvalue weighted by Crippen LogP contribution is 2.38. The van der Waals surface area contributed by atoms with Crippen LogP contribution in [0.5, 0.6) is 11.5 Å². The second kappa shape index (κ2) is 22.7. The largest absolute Gasteiger partial charge is 0.480 e. The molecule has 0 radical (unpaired) electrons. The number of halogens is 5. The van der Waals surface area contributed by atoms with Crippen LogP contribution < -0.4 is 20.1 Å². The molecule has 0 aliphatic carbocycles. The number of amides is 2. The Balaban J connectivity index is 0.000000483. The van der Waals surface area contributed by atoms with Crippen molar-refractivity contribution in [2.45, 2.75) is 51.9 Å². The summed E-state index contributed by atoms with van der Waals surface area (Å²) in [6, 6.07) is 10.1. The van der Waals surface area contributed by atoms with Crippen molar-refractivity contribution in [2.24, 2.45) is 5.73 Å². The van der Waals surface area contributed by atoms with Gasteiger partial charge in [-0.1, -0.05) is 36.7 Å². The van der Waals surface area contributed by atoms with Gasteiger partial charge in [0.2, 0.25) is 15.9 Å². The highest BCUT2D eigenvalue weighted by molar-refractivity contribution is 7.89. The lowest BCUT2D eigenvalue weighted by Crippen LogP contribution is -2.43. The highest BCUT2D eigenvalue weighted by Gasteiger charge is 2.31. The standard InChI is InChI=1S/C15H10ClF3N2O6S.C15H22ClNO2.C5H12NO4P/c1-28(25,26)20-14(22)10-7-9(3-4-12(10)21(23)24)27-13-5-2-8(6-11(13)16)15(17,18)19;1-5-13-8-6-7-11(2)15(13)17(14(18)9-16)12(3)10-19-4;1-11(9,10)3-2-4(6)5(7)8/h2-7H,1H3,(H,20,22);6-8,12H,5,9-10H2,1-4H3;4H,2-3,6H2,1H3,(H,7,8)(H,9,10). The van der Waals surface area contributed by atoms with Crippen molar-refractivity contribution in [3.63, 3.8) is 0 Å². The lowest BCUT2D eigenvalue weighted by Gasteiger charge is -2.31. The predicted molar refractivity (Wildman–Crippen MR) is 213 cm³/mol. The molecule has 0 aromatic heterocycles. The van der Waals surface area contributed by atoms with E-state index in [1.807, 2.05) is 26.0 Å². The number of ether oxygens (including phenoxy) is 2. The van der Waals surface area contributed by atoms with Crippen LogP contribution in [0.4, 0.5) is 24.5 Å². The Hall–Kier alpha value is -4.30. The normalized spacial score (nSPS) is 13.3. The van der Waals surface area contributed by atoms with Crippen LogP contribution >= 0.6 is 30.6 Å². The number of alkyl halides is 4. The van der Waals surface area contributed by atoms with Gasteiger partial charge in [-0.25, -0.2) is 13.1 Å². The van der Waals surface area contributed by atoms with Crippen LogP contribution in [0.15, 0.2) is 54.6 Å². The van der Waals surface area contributed by atoms with Gasteiger partial charge >= 0.3 is 12.1 Å². The number of benzene rings is 3. The number of carboxylic acids is 1. The van der Waals surface area contributed by atoms with Crippen LogP contribution in [0.2, 0.25) is 5.02 Å². The van der Waals surface area contributed by atoms with Gasteiger partial charge in [0.25, 0.3) is 11.6 Å². The Kier molecular flexibility index (Phi) is 20.3. The molecule has 0 saturated carbocycles. The first kappa shape index (κ1) is 51.7. The number of aryl methyl sites for hydroxylation is 2. The summed E-state index contributed by atoms with van der Waals surface area (Å²) in [5.41, 5.74) is 5.96. The molecule has 58 heavy (non-hydrogen) atoms. The van der Waals surface area contributed by atoms with Gasteiger partial charge in [-0.05, 0) is 62.1 Å². The lowest BCUT2D eigenvalue weighted by atomic mass is 10.0. The topological polar surface area (TPSA) is 246 Å². The van der Waals surface area contributed by atoms with Gasteiger partial charge in [-0.2, -0.15) is 13.2 Å². The minimum absolute atomic E-state index is 0.0223. The molecule has 0 aliphatic heterocycles. The van der Waals surface area contributed by atoms with E-state index in [1.165, 1.54) is 6.66 Å². The first-order valence-corrected chi connectivity index (χ1v) is 21.8. The monoisotopic (exact) mass is 902 g/mol. The molecule has 16 nitrogen and oxygen atoms in total. The second-order valence-corrected chi connectivity index (χ2v) is 17.5. The fourth-order valence-corrected chi connectivity index (χ4v) is 6.40. The van der Waals surface area contributed by atoms with Gasteiger partial charge in [-0.3, -0.25) is 29.1 Å². The Labute approximate surface area is 343 Å². The average molecular weight is 904 g/mol. The number of rotatable bonds is 15. The molecule has 0 saturated heterocycles. The van der Waals surface area contributed by atoms with Crippen molar-refractivity contribution >= 4 is 69.8 Å². The van der Waals surface area contributed by atoms with Crippen molar-refractivity contribution in [3.05, 3.63) is 92.0 Å². The minimum atomic E-state index is -4.62. The van der Waals surface area contributed by atoms with E-state index in [2.05, 4.69) is 13.0 Å². The molecule has 3 aromatic rings. The Morgan fingerprint density at radius 3 is 2.22 bits per heavy atom. The van der Waals surface area contributed by atoms with E-state index < -0.39 is 68.2 Å². The van der Waals surface area contributed by atoms with Gasteiger partial charge < -0.3 is 30.1 Å². The lowest BCUT2D eigenvalue weighted by molar-refractivity contribution is -0.385. The summed E-state index contributed by atoms with van der Waals surface area (Å²) in [6.45, 7) is 7.74. The summed E-state index contributed by atoms with van der Waals surface area (Å²) < 4.78 is 83.1. The van der Waals surface area contributed by atoms with Gasteiger partial charge in [-0.15, -0.1) is 11.6 Å². The van der Waals surface area contributed by atoms with Crippen molar-refractivity contribution < 1.29 is 64.9 Å². The molecule has 0 bridgehead atoms. The summed E-state index contributed by atoms with van der Waals surface area (Å²) in [4.78, 5) is 55.0. The van der Waals surface area contributed by atoms with Crippen LogP contribution in [0.1, 0.15) is 47.3 Å². The number of hydrogen-bond donors (Lipinski definition) is 4. The number of nitro benzene ring substituents is 1. The zero-order valence-corrected chi connectivity index (χ0v) is 35.3. The van der Waals surface area contributed by atoms with Crippen LogP contribution in [0.3, 0.4) is 0 Å². The van der Waals surface area contributed by atoms with Crippen molar-refractivity contribution in [3.8, 4) is 11.5 Å². The molecule has 0 fully saturated rings. The molecule has 3 unspecified atom stereocenters. The van der Waals surface area contributed by atoms with Crippen molar-refractivity contribution in [1.29, 1.82) is 0 Å². The zero-order valence-electron chi connectivity index (χ0n) is 32.1. The maximum absolute atomic E-state index is 12.7. The molecule has 3 aromatic carbocycles. The summed E-state index contributed by atoms with van der Waals surface area (Å²) >= 11 is 11.5. The number of carboxylic acid groups (broad SMARTS) is 1. The van der Waals surface area contributed by atoms with E-state index in [9.17, 15) is 50.7 Å². The van der Waals surface area contributed by atoms with E-state index in [1.54, 1.807) is 16.7 Å². The van der Waals surface area contributed by atoms with Crippen LogP contribution in [0, 0.1) is 17.0 Å². The van der Waals surface area contributed by atoms with E-state index in [0.29, 0.717) is 25.0 Å². The Morgan fingerprint density at radius 2 is 1.76 bits per heavy atom. The van der Waals surface area contributed by atoms with Crippen LogP contribution in [-0.2, 0) is 41.5 Å². The molecule has 322 valence electrons.